The number of aromatic nitrogens is 2. The first-order chi connectivity index (χ1) is 16.2. The second kappa shape index (κ2) is 8.96. The maximum absolute atomic E-state index is 12.0. The summed E-state index contributed by atoms with van der Waals surface area (Å²) < 4.78 is 5.80. The summed E-state index contributed by atoms with van der Waals surface area (Å²) in [6.45, 7) is 1.22. The molecule has 33 heavy (non-hydrogen) atoms. The summed E-state index contributed by atoms with van der Waals surface area (Å²) in [7, 11) is 0. The summed E-state index contributed by atoms with van der Waals surface area (Å²) in [6, 6.07) is 24.8. The van der Waals surface area contributed by atoms with Crippen LogP contribution in [0.2, 0.25) is 0 Å². The van der Waals surface area contributed by atoms with Gasteiger partial charge in [-0.3, -0.25) is 10.1 Å². The second-order valence-electron chi connectivity index (χ2n) is 7.66. The Morgan fingerprint density at radius 1 is 0.879 bits per heavy atom. The van der Waals surface area contributed by atoms with Crippen molar-refractivity contribution in [1.29, 1.82) is 0 Å². The van der Waals surface area contributed by atoms with Gasteiger partial charge in [-0.25, -0.2) is 9.97 Å². The molecule has 8 heteroatoms. The van der Waals surface area contributed by atoms with Gasteiger partial charge < -0.3 is 15.0 Å². The van der Waals surface area contributed by atoms with Crippen LogP contribution in [0.4, 0.5) is 23.0 Å². The Morgan fingerprint density at radius 2 is 1.58 bits per heavy atom. The molecule has 0 amide bonds. The molecule has 2 heterocycles. The first kappa shape index (κ1) is 20.4. The molecule has 4 aromatic rings. The number of hydrogen-bond donors (Lipinski definition) is 1. The molecule has 0 spiro atoms. The van der Waals surface area contributed by atoms with Gasteiger partial charge in [-0.05, 0) is 53.9 Å². The molecule has 0 bridgehead atoms. The molecule has 8 nitrogen and oxygen atoms in total. The highest BCUT2D eigenvalue weighted by Gasteiger charge is 2.29. The number of nitrogens with one attached hydrogen (secondary N) is 1. The van der Waals surface area contributed by atoms with E-state index in [1.54, 1.807) is 24.3 Å². The highest BCUT2D eigenvalue weighted by Crippen LogP contribution is 2.36. The SMILES string of the molecule is O=[N+]([O-])c1c(Nc2ccc(Oc3ccccc3)cc2)ncnc1N1CCc2ccccc2C1. The van der Waals surface area contributed by atoms with Crippen molar-refractivity contribution in [2.45, 2.75) is 13.0 Å². The molecule has 3 aromatic carbocycles. The first-order valence-corrected chi connectivity index (χ1v) is 10.6. The summed E-state index contributed by atoms with van der Waals surface area (Å²) in [6.07, 6.45) is 2.17. The highest BCUT2D eigenvalue weighted by atomic mass is 16.6. The third-order valence-corrected chi connectivity index (χ3v) is 5.51. The van der Waals surface area contributed by atoms with Crippen LogP contribution in [-0.2, 0) is 13.0 Å². The van der Waals surface area contributed by atoms with Gasteiger partial charge in [0.05, 0.1) is 4.92 Å². The van der Waals surface area contributed by atoms with E-state index >= 15 is 0 Å². The average molecular weight is 439 g/mol. The van der Waals surface area contributed by atoms with Gasteiger partial charge in [0.15, 0.2) is 0 Å². The molecule has 0 atom stereocenters. The lowest BCUT2D eigenvalue weighted by Crippen LogP contribution is -2.31. The summed E-state index contributed by atoms with van der Waals surface area (Å²) >= 11 is 0. The molecule has 0 fully saturated rings. The normalized spacial score (nSPS) is 12.7. The predicted octanol–water partition coefficient (Wildman–Crippen LogP) is 5.48. The van der Waals surface area contributed by atoms with E-state index in [-0.39, 0.29) is 11.5 Å². The molecule has 0 saturated carbocycles. The highest BCUT2D eigenvalue weighted by molar-refractivity contribution is 5.74. The van der Waals surface area contributed by atoms with Gasteiger partial charge in [-0.2, -0.15) is 0 Å². The molecule has 1 N–H and O–H groups in total. The van der Waals surface area contributed by atoms with Crippen LogP contribution < -0.4 is 15.0 Å². The number of nitrogens with zero attached hydrogens (tertiary/aromatic N) is 4. The average Bonchev–Trinajstić information content (AvgIpc) is 2.85. The number of anilines is 3. The number of benzene rings is 3. The Kier molecular flexibility index (Phi) is 5.55. The van der Waals surface area contributed by atoms with E-state index in [1.807, 2.05) is 53.4 Å². The van der Waals surface area contributed by atoms with Crippen molar-refractivity contribution in [3.05, 3.63) is 106 Å². The number of para-hydroxylation sites is 1. The molecule has 1 aromatic heterocycles. The molecule has 0 unspecified atom stereocenters. The van der Waals surface area contributed by atoms with Crippen molar-refractivity contribution in [1.82, 2.24) is 9.97 Å². The lowest BCUT2D eigenvalue weighted by atomic mass is 10.00. The molecule has 164 valence electrons. The van der Waals surface area contributed by atoms with Crippen LogP contribution in [0.1, 0.15) is 11.1 Å². The maximum Gasteiger partial charge on any atom is 0.353 e. The van der Waals surface area contributed by atoms with Crippen LogP contribution in [0.25, 0.3) is 0 Å². The Labute approximate surface area is 190 Å². The summed E-state index contributed by atoms with van der Waals surface area (Å²) in [5, 5.41) is 15.1. The molecular formula is C25H21N5O3. The van der Waals surface area contributed by atoms with Gasteiger partial charge in [-0.15, -0.1) is 0 Å². The van der Waals surface area contributed by atoms with Crippen molar-refractivity contribution in [3.63, 3.8) is 0 Å². The standard InChI is InChI=1S/C25H21N5O3/c31-30(32)23-24(28-20-10-12-22(13-11-20)33-21-8-2-1-3-9-21)26-17-27-25(23)29-15-14-18-6-4-5-7-19(18)16-29/h1-13,17H,14-16H2,(H,26,27,28). The van der Waals surface area contributed by atoms with Gasteiger partial charge in [0.25, 0.3) is 0 Å². The van der Waals surface area contributed by atoms with E-state index in [4.69, 9.17) is 4.74 Å². The molecule has 1 aliphatic heterocycles. The minimum Gasteiger partial charge on any atom is -0.457 e. The smallest absolute Gasteiger partial charge is 0.353 e. The van der Waals surface area contributed by atoms with Crippen LogP contribution in [0.3, 0.4) is 0 Å². The van der Waals surface area contributed by atoms with Crippen molar-refractivity contribution in [2.75, 3.05) is 16.8 Å². The number of fused-ring (bicyclic) bond motifs is 1. The van der Waals surface area contributed by atoms with Gasteiger partial charge in [-0.1, -0.05) is 42.5 Å². The van der Waals surface area contributed by atoms with E-state index in [9.17, 15) is 10.1 Å². The molecule has 0 radical (unpaired) electrons. The van der Waals surface area contributed by atoms with Crippen molar-refractivity contribution < 1.29 is 9.66 Å². The fourth-order valence-corrected chi connectivity index (χ4v) is 3.90. The number of rotatable bonds is 6. The number of hydrogen-bond acceptors (Lipinski definition) is 7. The zero-order chi connectivity index (χ0) is 22.6. The summed E-state index contributed by atoms with van der Waals surface area (Å²) in [5.41, 5.74) is 2.94. The van der Waals surface area contributed by atoms with Crippen LogP contribution in [0.5, 0.6) is 11.5 Å². The molecule has 0 saturated heterocycles. The predicted molar refractivity (Wildman–Crippen MR) is 126 cm³/mol. The third-order valence-electron chi connectivity index (χ3n) is 5.51. The Hall–Kier alpha value is -4.46. The van der Waals surface area contributed by atoms with Crippen LogP contribution in [0, 0.1) is 10.1 Å². The zero-order valence-corrected chi connectivity index (χ0v) is 17.7. The van der Waals surface area contributed by atoms with Gasteiger partial charge in [0.1, 0.15) is 17.8 Å². The second-order valence-corrected chi connectivity index (χ2v) is 7.66. The van der Waals surface area contributed by atoms with Gasteiger partial charge >= 0.3 is 5.69 Å². The maximum atomic E-state index is 12.0. The molecule has 5 rings (SSSR count). The number of ether oxygens (including phenoxy) is 1. The molecule has 0 aliphatic carbocycles. The quantitative estimate of drug-likeness (QED) is 0.314. The fourth-order valence-electron chi connectivity index (χ4n) is 3.90. The summed E-state index contributed by atoms with van der Waals surface area (Å²) in [4.78, 5) is 22.0. The van der Waals surface area contributed by atoms with E-state index in [2.05, 4.69) is 21.4 Å². The van der Waals surface area contributed by atoms with E-state index in [0.29, 0.717) is 30.3 Å². The van der Waals surface area contributed by atoms with Crippen LogP contribution in [0.15, 0.2) is 85.2 Å². The first-order valence-electron chi connectivity index (χ1n) is 10.6. The zero-order valence-electron chi connectivity index (χ0n) is 17.7. The minimum absolute atomic E-state index is 0.138. The van der Waals surface area contributed by atoms with Crippen molar-refractivity contribution >= 4 is 23.0 Å². The van der Waals surface area contributed by atoms with Crippen LogP contribution in [-0.4, -0.2) is 21.4 Å². The van der Waals surface area contributed by atoms with E-state index in [1.165, 1.54) is 11.9 Å². The Bertz CT molecular complexity index is 1280. The topological polar surface area (TPSA) is 93.4 Å². The fraction of sp³-hybridized carbons (Fsp3) is 0.120. The Balaban J connectivity index is 1.38. The number of nitro groups is 1. The Morgan fingerprint density at radius 3 is 2.33 bits per heavy atom. The minimum atomic E-state index is -0.426. The monoisotopic (exact) mass is 439 g/mol. The molecule has 1 aliphatic rings. The van der Waals surface area contributed by atoms with E-state index in [0.717, 1.165) is 17.7 Å². The lowest BCUT2D eigenvalue weighted by Gasteiger charge is -2.29. The molecular weight excluding hydrogens is 418 g/mol. The van der Waals surface area contributed by atoms with Crippen molar-refractivity contribution in [3.8, 4) is 11.5 Å². The third kappa shape index (κ3) is 4.45. The van der Waals surface area contributed by atoms with E-state index < -0.39 is 4.92 Å². The lowest BCUT2D eigenvalue weighted by molar-refractivity contribution is -0.383. The van der Waals surface area contributed by atoms with Gasteiger partial charge in [0.2, 0.25) is 11.6 Å². The largest absolute Gasteiger partial charge is 0.457 e. The van der Waals surface area contributed by atoms with Crippen LogP contribution >= 0.6 is 0 Å². The van der Waals surface area contributed by atoms with Crippen molar-refractivity contribution in [2.24, 2.45) is 0 Å². The van der Waals surface area contributed by atoms with Gasteiger partial charge in [0, 0.05) is 18.8 Å². The summed E-state index contributed by atoms with van der Waals surface area (Å²) in [5.74, 6) is 1.87.